The van der Waals surface area contributed by atoms with Gasteiger partial charge >= 0.3 is 0 Å². The highest BCUT2D eigenvalue weighted by Gasteiger charge is 2.39. The van der Waals surface area contributed by atoms with Crippen molar-refractivity contribution in [3.63, 3.8) is 0 Å². The van der Waals surface area contributed by atoms with Crippen molar-refractivity contribution in [3.8, 4) is 0 Å². The summed E-state index contributed by atoms with van der Waals surface area (Å²) in [5.74, 6) is 0. The van der Waals surface area contributed by atoms with E-state index in [1.807, 2.05) is 10.9 Å². The Balaban J connectivity index is 2.23. The summed E-state index contributed by atoms with van der Waals surface area (Å²) in [6.07, 6.45) is 5.77. The molecular formula is C10H17N3. The Morgan fingerprint density at radius 2 is 2.38 bits per heavy atom. The van der Waals surface area contributed by atoms with E-state index < -0.39 is 0 Å². The summed E-state index contributed by atoms with van der Waals surface area (Å²) in [6.45, 7) is 3.79. The van der Waals surface area contributed by atoms with E-state index in [0.29, 0.717) is 0 Å². The van der Waals surface area contributed by atoms with E-state index in [0.717, 1.165) is 13.1 Å². The molecule has 1 aromatic rings. The average molecular weight is 179 g/mol. The van der Waals surface area contributed by atoms with E-state index in [1.54, 1.807) is 0 Å². The first-order valence-electron chi connectivity index (χ1n) is 5.05. The molecule has 1 heterocycles. The minimum atomic E-state index is 0.223. The number of rotatable bonds is 3. The van der Waals surface area contributed by atoms with E-state index in [-0.39, 0.29) is 5.41 Å². The number of hydrogen-bond acceptors (Lipinski definition) is 2. The largest absolute Gasteiger partial charge is 0.330 e. The van der Waals surface area contributed by atoms with Gasteiger partial charge in [0.05, 0.1) is 5.69 Å². The SMILES string of the molecule is CCn1ccc(C2(CN)CCC2)n1. The van der Waals surface area contributed by atoms with E-state index in [2.05, 4.69) is 18.1 Å². The van der Waals surface area contributed by atoms with Crippen LogP contribution in [0.5, 0.6) is 0 Å². The molecule has 0 bridgehead atoms. The molecule has 0 spiro atoms. The van der Waals surface area contributed by atoms with Crippen molar-refractivity contribution in [1.82, 2.24) is 9.78 Å². The van der Waals surface area contributed by atoms with Crippen LogP contribution >= 0.6 is 0 Å². The normalized spacial score (nSPS) is 19.8. The van der Waals surface area contributed by atoms with Crippen LogP contribution in [0, 0.1) is 0 Å². The molecular weight excluding hydrogens is 162 g/mol. The Hall–Kier alpha value is -0.830. The molecule has 1 aliphatic carbocycles. The molecule has 1 fully saturated rings. The molecule has 0 saturated heterocycles. The summed E-state index contributed by atoms with van der Waals surface area (Å²) in [5, 5.41) is 4.53. The summed E-state index contributed by atoms with van der Waals surface area (Å²) in [4.78, 5) is 0. The lowest BCUT2D eigenvalue weighted by Gasteiger charge is -2.39. The number of aryl methyl sites for hydroxylation is 1. The highest BCUT2D eigenvalue weighted by molar-refractivity contribution is 5.19. The molecule has 3 nitrogen and oxygen atoms in total. The molecule has 2 rings (SSSR count). The van der Waals surface area contributed by atoms with Crippen molar-refractivity contribution in [1.29, 1.82) is 0 Å². The van der Waals surface area contributed by atoms with Gasteiger partial charge in [0.15, 0.2) is 0 Å². The molecule has 0 aromatic carbocycles. The predicted octanol–water partition coefficient (Wildman–Crippen LogP) is 1.28. The van der Waals surface area contributed by atoms with Gasteiger partial charge in [-0.2, -0.15) is 5.10 Å². The summed E-state index contributed by atoms with van der Waals surface area (Å²) in [5.41, 5.74) is 7.22. The van der Waals surface area contributed by atoms with Crippen LogP contribution in [0.2, 0.25) is 0 Å². The first kappa shape index (κ1) is 8.75. The van der Waals surface area contributed by atoms with Crippen LogP contribution in [0.4, 0.5) is 0 Å². The van der Waals surface area contributed by atoms with Gasteiger partial charge in [0.2, 0.25) is 0 Å². The fourth-order valence-electron chi connectivity index (χ4n) is 1.99. The van der Waals surface area contributed by atoms with Crippen molar-refractivity contribution >= 4 is 0 Å². The molecule has 0 atom stereocenters. The van der Waals surface area contributed by atoms with Gasteiger partial charge in [-0.05, 0) is 25.8 Å². The predicted molar refractivity (Wildman–Crippen MR) is 52.5 cm³/mol. The van der Waals surface area contributed by atoms with E-state index >= 15 is 0 Å². The van der Waals surface area contributed by atoms with Crippen molar-refractivity contribution in [3.05, 3.63) is 18.0 Å². The molecule has 13 heavy (non-hydrogen) atoms. The molecule has 0 aliphatic heterocycles. The molecule has 3 heteroatoms. The number of hydrogen-bond donors (Lipinski definition) is 1. The summed E-state index contributed by atoms with van der Waals surface area (Å²) >= 11 is 0. The minimum Gasteiger partial charge on any atom is -0.330 e. The lowest BCUT2D eigenvalue weighted by atomic mass is 9.67. The lowest BCUT2D eigenvalue weighted by Crippen LogP contribution is -2.42. The monoisotopic (exact) mass is 179 g/mol. The fourth-order valence-corrected chi connectivity index (χ4v) is 1.99. The highest BCUT2D eigenvalue weighted by Crippen LogP contribution is 2.41. The first-order valence-corrected chi connectivity index (χ1v) is 5.05. The smallest absolute Gasteiger partial charge is 0.0698 e. The van der Waals surface area contributed by atoms with Crippen molar-refractivity contribution in [2.24, 2.45) is 5.73 Å². The minimum absolute atomic E-state index is 0.223. The summed E-state index contributed by atoms with van der Waals surface area (Å²) in [6, 6.07) is 2.12. The van der Waals surface area contributed by atoms with Gasteiger partial charge in [0.1, 0.15) is 0 Å². The standard InChI is InChI=1S/C10H17N3/c1-2-13-7-4-9(12-13)10(8-11)5-3-6-10/h4,7H,2-3,5-6,8,11H2,1H3. The second-order valence-corrected chi connectivity index (χ2v) is 3.89. The molecule has 72 valence electrons. The summed E-state index contributed by atoms with van der Waals surface area (Å²) in [7, 11) is 0. The maximum atomic E-state index is 5.80. The van der Waals surface area contributed by atoms with Gasteiger partial charge in [-0.3, -0.25) is 4.68 Å². The van der Waals surface area contributed by atoms with Gasteiger partial charge in [-0.25, -0.2) is 0 Å². The van der Waals surface area contributed by atoms with Crippen LogP contribution in [0.15, 0.2) is 12.3 Å². The Kier molecular flexibility index (Phi) is 2.12. The van der Waals surface area contributed by atoms with Crippen LogP contribution in [-0.2, 0) is 12.0 Å². The number of aromatic nitrogens is 2. The van der Waals surface area contributed by atoms with E-state index in [9.17, 15) is 0 Å². The molecule has 1 aromatic heterocycles. The highest BCUT2D eigenvalue weighted by atomic mass is 15.3. The third-order valence-corrected chi connectivity index (χ3v) is 3.21. The zero-order chi connectivity index (χ0) is 9.31. The van der Waals surface area contributed by atoms with Gasteiger partial charge in [0.25, 0.3) is 0 Å². The second-order valence-electron chi connectivity index (χ2n) is 3.89. The molecule has 1 aliphatic rings. The maximum absolute atomic E-state index is 5.80. The van der Waals surface area contributed by atoms with Gasteiger partial charge < -0.3 is 5.73 Å². The van der Waals surface area contributed by atoms with Gasteiger partial charge in [-0.15, -0.1) is 0 Å². The zero-order valence-electron chi connectivity index (χ0n) is 8.16. The molecule has 0 amide bonds. The average Bonchev–Trinajstić information content (AvgIpc) is 2.52. The maximum Gasteiger partial charge on any atom is 0.0698 e. The second kappa shape index (κ2) is 3.14. The quantitative estimate of drug-likeness (QED) is 0.759. The Morgan fingerprint density at radius 1 is 1.62 bits per heavy atom. The van der Waals surface area contributed by atoms with E-state index in [4.69, 9.17) is 5.73 Å². The van der Waals surface area contributed by atoms with Crippen LogP contribution in [0.25, 0.3) is 0 Å². The molecule has 1 saturated carbocycles. The van der Waals surface area contributed by atoms with Gasteiger partial charge in [-0.1, -0.05) is 6.42 Å². The topological polar surface area (TPSA) is 43.8 Å². The third-order valence-electron chi connectivity index (χ3n) is 3.21. The number of nitrogens with two attached hydrogens (primary N) is 1. The van der Waals surface area contributed by atoms with Crippen LogP contribution < -0.4 is 5.73 Å². The lowest BCUT2D eigenvalue weighted by molar-refractivity contribution is 0.244. The fraction of sp³-hybridized carbons (Fsp3) is 0.700. The Morgan fingerprint density at radius 3 is 2.77 bits per heavy atom. The van der Waals surface area contributed by atoms with Crippen molar-refractivity contribution in [2.45, 2.75) is 38.1 Å². The summed E-state index contributed by atoms with van der Waals surface area (Å²) < 4.78 is 1.98. The Bertz CT molecular complexity index is 281. The molecule has 2 N–H and O–H groups in total. The Labute approximate surface area is 78.9 Å². The van der Waals surface area contributed by atoms with Crippen LogP contribution in [0.1, 0.15) is 31.9 Å². The van der Waals surface area contributed by atoms with Crippen LogP contribution in [-0.4, -0.2) is 16.3 Å². The number of nitrogens with zero attached hydrogens (tertiary/aromatic N) is 2. The van der Waals surface area contributed by atoms with E-state index in [1.165, 1.54) is 25.0 Å². The molecule has 0 unspecified atom stereocenters. The van der Waals surface area contributed by atoms with Crippen molar-refractivity contribution < 1.29 is 0 Å². The van der Waals surface area contributed by atoms with Gasteiger partial charge in [0, 0.05) is 24.7 Å². The molecule has 0 radical (unpaired) electrons. The third kappa shape index (κ3) is 1.27. The van der Waals surface area contributed by atoms with Crippen molar-refractivity contribution in [2.75, 3.05) is 6.54 Å². The zero-order valence-corrected chi connectivity index (χ0v) is 8.16. The van der Waals surface area contributed by atoms with Crippen LogP contribution in [0.3, 0.4) is 0 Å². The first-order chi connectivity index (χ1) is 6.30.